The van der Waals surface area contributed by atoms with Gasteiger partial charge in [-0.05, 0) is 42.3 Å². The minimum absolute atomic E-state index is 0.0910. The van der Waals surface area contributed by atoms with Crippen LogP contribution in [0.1, 0.15) is 18.1 Å². The fraction of sp³-hybridized carbons (Fsp3) is 0.316. The monoisotopic (exact) mass is 346 g/mol. The van der Waals surface area contributed by atoms with Crippen molar-refractivity contribution in [1.29, 1.82) is 0 Å². The lowest BCUT2D eigenvalue weighted by Crippen LogP contribution is -2.35. The van der Waals surface area contributed by atoms with E-state index in [1.807, 2.05) is 0 Å². The van der Waals surface area contributed by atoms with Gasteiger partial charge in [-0.1, -0.05) is 18.2 Å². The molecule has 0 aliphatic carbocycles. The smallest absolute Gasteiger partial charge is 0.261 e. The van der Waals surface area contributed by atoms with Gasteiger partial charge in [0.2, 0.25) is 0 Å². The number of nitrogens with zero attached hydrogens (tertiary/aromatic N) is 1. The molecule has 0 saturated heterocycles. The van der Waals surface area contributed by atoms with E-state index < -0.39 is 6.10 Å². The minimum atomic E-state index is -0.708. The molecule has 0 bridgehead atoms. The SMILES string of the molecule is CC(Oc1cccc(CO)c1)C(=O)NCc1ccc(N(C)C)c(F)c1. The third-order valence-corrected chi connectivity index (χ3v) is 3.72. The van der Waals surface area contributed by atoms with Crippen LogP contribution >= 0.6 is 0 Å². The first kappa shape index (κ1) is 18.7. The van der Waals surface area contributed by atoms with E-state index in [0.29, 0.717) is 22.6 Å². The van der Waals surface area contributed by atoms with Crippen LogP contribution in [0.25, 0.3) is 0 Å². The molecule has 25 heavy (non-hydrogen) atoms. The van der Waals surface area contributed by atoms with Crippen molar-refractivity contribution in [2.45, 2.75) is 26.2 Å². The first-order chi connectivity index (χ1) is 11.9. The maximum atomic E-state index is 13.9. The molecule has 0 heterocycles. The van der Waals surface area contributed by atoms with E-state index in [0.717, 1.165) is 0 Å². The Morgan fingerprint density at radius 3 is 2.64 bits per heavy atom. The van der Waals surface area contributed by atoms with Crippen LogP contribution in [-0.4, -0.2) is 31.2 Å². The van der Waals surface area contributed by atoms with Gasteiger partial charge in [0.05, 0.1) is 12.3 Å². The number of benzene rings is 2. The van der Waals surface area contributed by atoms with Crippen LogP contribution in [0.4, 0.5) is 10.1 Å². The van der Waals surface area contributed by atoms with Gasteiger partial charge in [-0.25, -0.2) is 4.39 Å². The molecule has 134 valence electrons. The van der Waals surface area contributed by atoms with Crippen molar-refractivity contribution in [1.82, 2.24) is 5.32 Å². The molecule has 2 rings (SSSR count). The summed E-state index contributed by atoms with van der Waals surface area (Å²) in [6.07, 6.45) is -0.708. The maximum absolute atomic E-state index is 13.9. The van der Waals surface area contributed by atoms with Crippen LogP contribution in [-0.2, 0) is 17.9 Å². The fourth-order valence-corrected chi connectivity index (χ4v) is 2.33. The molecule has 0 aliphatic rings. The number of hydrogen-bond acceptors (Lipinski definition) is 4. The molecule has 2 aromatic rings. The molecule has 0 saturated carbocycles. The van der Waals surface area contributed by atoms with Crippen LogP contribution in [0.2, 0.25) is 0 Å². The highest BCUT2D eigenvalue weighted by Crippen LogP contribution is 2.18. The summed E-state index contributed by atoms with van der Waals surface area (Å²) in [6.45, 7) is 1.76. The Balaban J connectivity index is 1.92. The zero-order valence-electron chi connectivity index (χ0n) is 14.6. The first-order valence-electron chi connectivity index (χ1n) is 8.00. The number of halogens is 1. The third-order valence-electron chi connectivity index (χ3n) is 3.72. The Hall–Kier alpha value is -2.60. The summed E-state index contributed by atoms with van der Waals surface area (Å²) in [6, 6.07) is 11.8. The number of amides is 1. The van der Waals surface area contributed by atoms with Crippen molar-refractivity contribution in [3.8, 4) is 5.75 Å². The van der Waals surface area contributed by atoms with Gasteiger partial charge in [0.15, 0.2) is 6.10 Å². The van der Waals surface area contributed by atoms with E-state index in [4.69, 9.17) is 9.84 Å². The largest absolute Gasteiger partial charge is 0.481 e. The van der Waals surface area contributed by atoms with Crippen LogP contribution in [0.5, 0.6) is 5.75 Å². The molecule has 5 nitrogen and oxygen atoms in total. The van der Waals surface area contributed by atoms with Crippen molar-refractivity contribution in [2.75, 3.05) is 19.0 Å². The topological polar surface area (TPSA) is 61.8 Å². The van der Waals surface area contributed by atoms with Crippen LogP contribution in [0, 0.1) is 5.82 Å². The van der Waals surface area contributed by atoms with Gasteiger partial charge in [-0.15, -0.1) is 0 Å². The predicted octanol–water partition coefficient (Wildman–Crippen LogP) is 2.47. The molecule has 2 N–H and O–H groups in total. The zero-order chi connectivity index (χ0) is 18.4. The molecule has 1 amide bonds. The highest BCUT2D eigenvalue weighted by atomic mass is 19.1. The van der Waals surface area contributed by atoms with Gasteiger partial charge in [-0.3, -0.25) is 4.79 Å². The van der Waals surface area contributed by atoms with Crippen molar-refractivity contribution in [3.63, 3.8) is 0 Å². The number of rotatable bonds is 7. The maximum Gasteiger partial charge on any atom is 0.261 e. The summed E-state index contributed by atoms with van der Waals surface area (Å²) < 4.78 is 19.5. The van der Waals surface area contributed by atoms with Crippen LogP contribution in [0.3, 0.4) is 0 Å². The fourth-order valence-electron chi connectivity index (χ4n) is 2.33. The second-order valence-corrected chi connectivity index (χ2v) is 5.96. The molecule has 0 fully saturated rings. The second-order valence-electron chi connectivity index (χ2n) is 5.96. The normalized spacial score (nSPS) is 11.7. The van der Waals surface area contributed by atoms with E-state index in [1.165, 1.54) is 6.07 Å². The minimum Gasteiger partial charge on any atom is -0.481 e. The predicted molar refractivity (Wildman–Crippen MR) is 95.0 cm³/mol. The number of carbonyl (C=O) groups is 1. The van der Waals surface area contributed by atoms with Crippen molar-refractivity contribution in [3.05, 3.63) is 59.4 Å². The molecular weight excluding hydrogens is 323 g/mol. The molecule has 1 atom stereocenters. The van der Waals surface area contributed by atoms with Gasteiger partial charge in [0.1, 0.15) is 11.6 Å². The summed E-state index contributed by atoms with van der Waals surface area (Å²) >= 11 is 0. The number of carbonyl (C=O) groups excluding carboxylic acids is 1. The zero-order valence-corrected chi connectivity index (χ0v) is 14.6. The first-order valence-corrected chi connectivity index (χ1v) is 8.00. The molecule has 0 aromatic heterocycles. The quantitative estimate of drug-likeness (QED) is 0.808. The van der Waals surface area contributed by atoms with Crippen molar-refractivity contribution < 1.29 is 19.0 Å². The van der Waals surface area contributed by atoms with Crippen molar-refractivity contribution >= 4 is 11.6 Å². The van der Waals surface area contributed by atoms with Gasteiger partial charge in [-0.2, -0.15) is 0 Å². The average molecular weight is 346 g/mol. The number of aliphatic hydroxyl groups is 1. The number of anilines is 1. The Morgan fingerprint density at radius 2 is 2.00 bits per heavy atom. The van der Waals surface area contributed by atoms with Crippen LogP contribution < -0.4 is 15.0 Å². The highest BCUT2D eigenvalue weighted by Gasteiger charge is 2.15. The van der Waals surface area contributed by atoms with Gasteiger partial charge < -0.3 is 20.1 Å². The number of hydrogen-bond donors (Lipinski definition) is 2. The molecule has 0 radical (unpaired) electrons. The lowest BCUT2D eigenvalue weighted by Gasteiger charge is -2.16. The summed E-state index contributed by atoms with van der Waals surface area (Å²) in [7, 11) is 3.54. The molecule has 1 unspecified atom stereocenters. The Labute approximate surface area is 147 Å². The summed E-state index contributed by atoms with van der Waals surface area (Å²) in [5.74, 6) is -0.121. The molecule has 0 spiro atoms. The Morgan fingerprint density at radius 1 is 1.24 bits per heavy atom. The standard InChI is InChI=1S/C19H23FN2O3/c1-13(25-16-6-4-5-15(9-16)12-23)19(24)21-11-14-7-8-18(22(2)3)17(20)10-14/h4-10,13,23H,11-12H2,1-3H3,(H,21,24). The number of ether oxygens (including phenoxy) is 1. The van der Waals surface area contributed by atoms with E-state index in [2.05, 4.69) is 5.32 Å². The van der Waals surface area contributed by atoms with Crippen LogP contribution in [0.15, 0.2) is 42.5 Å². The molecule has 0 aliphatic heterocycles. The van der Waals surface area contributed by atoms with E-state index in [-0.39, 0.29) is 24.9 Å². The van der Waals surface area contributed by atoms with E-state index in [9.17, 15) is 9.18 Å². The van der Waals surface area contributed by atoms with Gasteiger partial charge in [0.25, 0.3) is 5.91 Å². The Bertz CT molecular complexity index is 734. The molecule has 2 aromatic carbocycles. The van der Waals surface area contributed by atoms with Gasteiger partial charge in [0, 0.05) is 20.6 Å². The van der Waals surface area contributed by atoms with E-state index in [1.54, 1.807) is 62.3 Å². The van der Waals surface area contributed by atoms with Crippen molar-refractivity contribution in [2.24, 2.45) is 0 Å². The molecular formula is C19H23FN2O3. The second kappa shape index (κ2) is 8.48. The summed E-state index contributed by atoms with van der Waals surface area (Å²) in [5.41, 5.74) is 1.88. The highest BCUT2D eigenvalue weighted by molar-refractivity contribution is 5.80. The summed E-state index contributed by atoms with van der Waals surface area (Å²) in [4.78, 5) is 13.8. The third kappa shape index (κ3) is 5.19. The van der Waals surface area contributed by atoms with E-state index >= 15 is 0 Å². The lowest BCUT2D eigenvalue weighted by atomic mass is 10.2. The molecule has 6 heteroatoms. The van der Waals surface area contributed by atoms with Gasteiger partial charge >= 0.3 is 0 Å². The average Bonchev–Trinajstić information content (AvgIpc) is 2.59. The summed E-state index contributed by atoms with van der Waals surface area (Å²) in [5, 5.41) is 11.9. The number of aliphatic hydroxyl groups excluding tert-OH is 1. The lowest BCUT2D eigenvalue weighted by molar-refractivity contribution is -0.127. The Kier molecular flexibility index (Phi) is 6.36. The number of nitrogens with one attached hydrogen (secondary N) is 1.